The van der Waals surface area contributed by atoms with E-state index in [4.69, 9.17) is 9.72 Å². The molecule has 0 aliphatic carbocycles. The molecule has 0 unspecified atom stereocenters. The summed E-state index contributed by atoms with van der Waals surface area (Å²) >= 11 is 0. The Kier molecular flexibility index (Phi) is 5.20. The highest BCUT2D eigenvalue weighted by atomic mass is 16.5. The number of aryl methyl sites for hydroxylation is 1. The van der Waals surface area contributed by atoms with Gasteiger partial charge in [-0.2, -0.15) is 0 Å². The number of ether oxygens (including phenoxy) is 1. The molecule has 3 aromatic carbocycles. The lowest BCUT2D eigenvalue weighted by Gasteiger charge is -2.15. The minimum atomic E-state index is 0.856. The molecule has 0 amide bonds. The monoisotopic (exact) mass is 365 g/mol. The number of hydrogen-bond donors (Lipinski definition) is 0. The van der Waals surface area contributed by atoms with E-state index in [1.54, 1.807) is 7.11 Å². The maximum Gasteiger partial charge on any atom is 0.118 e. The van der Waals surface area contributed by atoms with Gasteiger partial charge in [-0.25, -0.2) is 0 Å². The first kappa shape index (κ1) is 18.0. The van der Waals surface area contributed by atoms with Crippen molar-refractivity contribution < 1.29 is 4.74 Å². The molecule has 0 saturated carbocycles. The van der Waals surface area contributed by atoms with Crippen LogP contribution < -0.4 is 4.74 Å². The molecule has 28 heavy (non-hydrogen) atoms. The number of nitrogens with zero attached hydrogens (tertiary/aromatic N) is 1. The van der Waals surface area contributed by atoms with E-state index in [1.165, 1.54) is 11.1 Å². The second-order valence-electron chi connectivity index (χ2n) is 6.89. The van der Waals surface area contributed by atoms with Crippen molar-refractivity contribution in [1.82, 2.24) is 4.98 Å². The number of pyridine rings is 1. The lowest BCUT2D eigenvalue weighted by Crippen LogP contribution is -1.99. The third-order valence-electron chi connectivity index (χ3n) is 5.00. The highest BCUT2D eigenvalue weighted by Crippen LogP contribution is 2.33. The fraction of sp³-hybridized carbons (Fsp3) is 0.115. The Balaban J connectivity index is 1.85. The van der Waals surface area contributed by atoms with Crippen LogP contribution in [0.5, 0.6) is 5.75 Å². The van der Waals surface area contributed by atoms with Crippen LogP contribution >= 0.6 is 0 Å². The molecule has 2 heteroatoms. The number of rotatable bonds is 5. The fourth-order valence-corrected chi connectivity index (χ4v) is 3.45. The Bertz CT molecular complexity index is 1050. The minimum Gasteiger partial charge on any atom is -0.497 e. The Morgan fingerprint density at radius 2 is 1.39 bits per heavy atom. The number of aromatic nitrogens is 1. The fourth-order valence-electron chi connectivity index (χ4n) is 3.45. The van der Waals surface area contributed by atoms with Crippen molar-refractivity contribution in [1.29, 1.82) is 0 Å². The van der Waals surface area contributed by atoms with Crippen molar-refractivity contribution in [2.45, 2.75) is 13.3 Å². The van der Waals surface area contributed by atoms with E-state index in [2.05, 4.69) is 79.7 Å². The highest BCUT2D eigenvalue weighted by Gasteiger charge is 2.13. The zero-order chi connectivity index (χ0) is 19.3. The number of hydrogen-bond acceptors (Lipinski definition) is 2. The smallest absolute Gasteiger partial charge is 0.118 e. The van der Waals surface area contributed by atoms with Gasteiger partial charge in [-0.05, 0) is 48.2 Å². The molecule has 0 radical (unpaired) electrons. The van der Waals surface area contributed by atoms with Gasteiger partial charge in [0.2, 0.25) is 0 Å². The molecule has 0 fully saturated rings. The third-order valence-corrected chi connectivity index (χ3v) is 5.00. The second kappa shape index (κ2) is 8.10. The van der Waals surface area contributed by atoms with Crippen molar-refractivity contribution >= 4 is 0 Å². The standard InChI is InChI=1S/C26H23NO/c1-19-23(17-20-9-5-3-6-10-20)18-25(21-13-15-24(28-2)16-14-21)26(27-19)22-11-7-4-8-12-22/h3-16,18H,17H2,1-2H3. The van der Waals surface area contributed by atoms with Gasteiger partial charge in [0.1, 0.15) is 5.75 Å². The summed E-state index contributed by atoms with van der Waals surface area (Å²) in [5.74, 6) is 0.856. The summed E-state index contributed by atoms with van der Waals surface area (Å²) in [5, 5.41) is 0. The first-order chi connectivity index (χ1) is 13.7. The maximum absolute atomic E-state index is 5.33. The Hall–Kier alpha value is -3.39. The van der Waals surface area contributed by atoms with Crippen LogP contribution in [0.15, 0.2) is 91.0 Å². The molecule has 0 bridgehead atoms. The van der Waals surface area contributed by atoms with E-state index in [0.717, 1.165) is 40.2 Å². The molecule has 0 spiro atoms. The highest BCUT2D eigenvalue weighted by molar-refractivity contribution is 5.81. The van der Waals surface area contributed by atoms with Crippen molar-refractivity contribution in [3.05, 3.63) is 108 Å². The average molecular weight is 365 g/mol. The Labute approximate surface area is 166 Å². The average Bonchev–Trinajstić information content (AvgIpc) is 2.76. The summed E-state index contributed by atoms with van der Waals surface area (Å²) < 4.78 is 5.33. The lowest BCUT2D eigenvalue weighted by molar-refractivity contribution is 0.415. The van der Waals surface area contributed by atoms with Gasteiger partial charge in [0.05, 0.1) is 12.8 Å². The molecule has 0 atom stereocenters. The summed E-state index contributed by atoms with van der Waals surface area (Å²) in [6.07, 6.45) is 0.873. The van der Waals surface area contributed by atoms with Gasteiger partial charge in [-0.3, -0.25) is 4.98 Å². The summed E-state index contributed by atoms with van der Waals surface area (Å²) in [6.45, 7) is 2.10. The van der Waals surface area contributed by atoms with Crippen molar-refractivity contribution in [2.24, 2.45) is 0 Å². The van der Waals surface area contributed by atoms with E-state index < -0.39 is 0 Å². The maximum atomic E-state index is 5.33. The van der Waals surface area contributed by atoms with Gasteiger partial charge < -0.3 is 4.74 Å². The molecule has 0 aliphatic rings. The molecule has 2 nitrogen and oxygen atoms in total. The van der Waals surface area contributed by atoms with Gasteiger partial charge in [0.25, 0.3) is 0 Å². The molecule has 4 aromatic rings. The van der Waals surface area contributed by atoms with Crippen molar-refractivity contribution in [2.75, 3.05) is 7.11 Å². The Morgan fingerprint density at radius 3 is 2.04 bits per heavy atom. The lowest BCUT2D eigenvalue weighted by atomic mass is 9.94. The van der Waals surface area contributed by atoms with Gasteiger partial charge in [0.15, 0.2) is 0 Å². The zero-order valence-electron chi connectivity index (χ0n) is 16.2. The van der Waals surface area contributed by atoms with Crippen LogP contribution in [0.1, 0.15) is 16.8 Å². The van der Waals surface area contributed by atoms with Gasteiger partial charge in [0, 0.05) is 16.8 Å². The zero-order valence-corrected chi connectivity index (χ0v) is 16.2. The molecule has 1 heterocycles. The van der Waals surface area contributed by atoms with Gasteiger partial charge >= 0.3 is 0 Å². The van der Waals surface area contributed by atoms with Crippen LogP contribution in [0.4, 0.5) is 0 Å². The van der Waals surface area contributed by atoms with E-state index in [0.29, 0.717) is 0 Å². The van der Waals surface area contributed by atoms with Crippen molar-refractivity contribution in [3.8, 4) is 28.1 Å². The van der Waals surface area contributed by atoms with Gasteiger partial charge in [-0.15, -0.1) is 0 Å². The number of benzene rings is 3. The van der Waals surface area contributed by atoms with E-state index in [-0.39, 0.29) is 0 Å². The van der Waals surface area contributed by atoms with Crippen LogP contribution in [-0.2, 0) is 6.42 Å². The van der Waals surface area contributed by atoms with Crippen molar-refractivity contribution in [3.63, 3.8) is 0 Å². The Morgan fingerprint density at radius 1 is 0.750 bits per heavy atom. The van der Waals surface area contributed by atoms with E-state index in [1.807, 2.05) is 18.2 Å². The predicted octanol–water partition coefficient (Wildman–Crippen LogP) is 6.32. The van der Waals surface area contributed by atoms with Gasteiger partial charge in [-0.1, -0.05) is 72.8 Å². The first-order valence-corrected chi connectivity index (χ1v) is 9.49. The van der Waals surface area contributed by atoms with Crippen LogP contribution in [0, 0.1) is 6.92 Å². The van der Waals surface area contributed by atoms with Crippen LogP contribution in [-0.4, -0.2) is 12.1 Å². The minimum absolute atomic E-state index is 0.856. The molecule has 1 aromatic heterocycles. The number of methoxy groups -OCH3 is 1. The molecule has 0 saturated heterocycles. The molecule has 0 N–H and O–H groups in total. The summed E-state index contributed by atoms with van der Waals surface area (Å²) in [5.41, 5.74) is 8.03. The summed E-state index contributed by atoms with van der Waals surface area (Å²) in [7, 11) is 1.69. The topological polar surface area (TPSA) is 22.1 Å². The molecule has 4 rings (SSSR count). The normalized spacial score (nSPS) is 10.6. The van der Waals surface area contributed by atoms with Crippen LogP contribution in [0.3, 0.4) is 0 Å². The quantitative estimate of drug-likeness (QED) is 0.413. The first-order valence-electron chi connectivity index (χ1n) is 9.49. The third kappa shape index (κ3) is 3.81. The SMILES string of the molecule is COc1ccc(-c2cc(Cc3ccccc3)c(C)nc2-c2ccccc2)cc1. The molecule has 138 valence electrons. The summed E-state index contributed by atoms with van der Waals surface area (Å²) in [4.78, 5) is 5.03. The van der Waals surface area contributed by atoms with Crippen LogP contribution in [0.25, 0.3) is 22.4 Å². The van der Waals surface area contributed by atoms with E-state index in [9.17, 15) is 0 Å². The van der Waals surface area contributed by atoms with Crippen LogP contribution in [0.2, 0.25) is 0 Å². The summed E-state index contributed by atoms with van der Waals surface area (Å²) in [6, 6.07) is 31.4. The molecule has 0 aliphatic heterocycles. The predicted molar refractivity (Wildman–Crippen MR) is 116 cm³/mol. The van der Waals surface area contributed by atoms with E-state index >= 15 is 0 Å². The largest absolute Gasteiger partial charge is 0.497 e. The molecular formula is C26H23NO. The molecular weight excluding hydrogens is 342 g/mol. The second-order valence-corrected chi connectivity index (χ2v) is 6.89.